The average molecular weight is 424 g/mol. The van der Waals surface area contributed by atoms with Gasteiger partial charge in [-0.1, -0.05) is 24.3 Å². The lowest BCUT2D eigenvalue weighted by Gasteiger charge is -2.27. The molecule has 9 heteroatoms. The number of hydrogen-bond donors (Lipinski definition) is 0. The fraction of sp³-hybridized carbons (Fsp3) is 0.455. The first-order chi connectivity index (χ1) is 14.9. The van der Waals surface area contributed by atoms with Gasteiger partial charge in [-0.2, -0.15) is 0 Å². The molecule has 0 saturated carbocycles. The summed E-state index contributed by atoms with van der Waals surface area (Å²) >= 11 is 0. The Morgan fingerprint density at radius 2 is 2.23 bits per heavy atom. The monoisotopic (exact) mass is 424 g/mol. The van der Waals surface area contributed by atoms with Crippen molar-refractivity contribution in [3.63, 3.8) is 0 Å². The smallest absolute Gasteiger partial charge is 0.235 e. The predicted molar refractivity (Wildman–Crippen MR) is 108 cm³/mol. The zero-order valence-corrected chi connectivity index (χ0v) is 17.6. The first kappa shape index (κ1) is 19.7. The van der Waals surface area contributed by atoms with E-state index in [9.17, 15) is 9.59 Å². The Kier molecular flexibility index (Phi) is 4.58. The van der Waals surface area contributed by atoms with Crippen molar-refractivity contribution in [3.8, 4) is 5.75 Å². The van der Waals surface area contributed by atoms with Crippen LogP contribution in [0.1, 0.15) is 17.3 Å². The Morgan fingerprint density at radius 1 is 1.39 bits per heavy atom. The van der Waals surface area contributed by atoms with Gasteiger partial charge in [-0.05, 0) is 17.7 Å². The van der Waals surface area contributed by atoms with Gasteiger partial charge in [-0.15, -0.1) is 10.2 Å². The van der Waals surface area contributed by atoms with Crippen molar-refractivity contribution >= 4 is 11.8 Å². The molecule has 1 aromatic heterocycles. The van der Waals surface area contributed by atoms with Gasteiger partial charge >= 0.3 is 0 Å². The van der Waals surface area contributed by atoms with E-state index < -0.39 is 23.5 Å². The maximum absolute atomic E-state index is 13.4. The van der Waals surface area contributed by atoms with Gasteiger partial charge in [0.15, 0.2) is 0 Å². The van der Waals surface area contributed by atoms with E-state index in [0.717, 1.165) is 11.3 Å². The minimum absolute atomic E-state index is 0.0601. The van der Waals surface area contributed by atoms with Crippen molar-refractivity contribution in [1.82, 2.24) is 20.0 Å². The molecular formula is C22H24N4O5. The lowest BCUT2D eigenvalue weighted by molar-refractivity contribution is -0.143. The van der Waals surface area contributed by atoms with E-state index >= 15 is 0 Å². The molecule has 0 aliphatic carbocycles. The molecule has 0 N–H and O–H groups in total. The molecule has 0 unspecified atom stereocenters. The Bertz CT molecular complexity index is 1070. The van der Waals surface area contributed by atoms with E-state index in [4.69, 9.17) is 13.9 Å². The molecule has 2 bridgehead atoms. The van der Waals surface area contributed by atoms with Crippen LogP contribution in [0.25, 0.3) is 0 Å². The molecule has 9 nitrogen and oxygen atoms in total. The van der Waals surface area contributed by atoms with Crippen molar-refractivity contribution in [3.05, 3.63) is 53.8 Å². The van der Waals surface area contributed by atoms with Gasteiger partial charge in [-0.25, -0.2) is 0 Å². The number of methoxy groups -OCH3 is 1. The lowest BCUT2D eigenvalue weighted by Crippen LogP contribution is -2.44. The highest BCUT2D eigenvalue weighted by Crippen LogP contribution is 2.52. The number of carbonyl (C=O) groups is 2. The second-order valence-electron chi connectivity index (χ2n) is 8.35. The van der Waals surface area contributed by atoms with Crippen LogP contribution in [0.5, 0.6) is 5.75 Å². The maximum atomic E-state index is 13.4. The van der Waals surface area contributed by atoms with E-state index in [1.54, 1.807) is 26.0 Å². The molecule has 4 atom stereocenters. The number of ether oxygens (including phenoxy) is 2. The van der Waals surface area contributed by atoms with Crippen LogP contribution < -0.4 is 4.74 Å². The summed E-state index contributed by atoms with van der Waals surface area (Å²) in [6.07, 6.45) is 3.47. The Hall–Kier alpha value is -3.20. The fourth-order valence-electron chi connectivity index (χ4n) is 4.92. The van der Waals surface area contributed by atoms with Crippen molar-refractivity contribution in [2.75, 3.05) is 20.7 Å². The molecule has 2 aromatic rings. The second-order valence-corrected chi connectivity index (χ2v) is 8.35. The third kappa shape index (κ3) is 3.20. The van der Waals surface area contributed by atoms with Crippen molar-refractivity contribution in [1.29, 1.82) is 0 Å². The van der Waals surface area contributed by atoms with E-state index in [-0.39, 0.29) is 18.4 Å². The third-order valence-corrected chi connectivity index (χ3v) is 6.29. The zero-order chi connectivity index (χ0) is 21.8. The quantitative estimate of drug-likeness (QED) is 0.645. The topological polar surface area (TPSA) is 98.0 Å². The van der Waals surface area contributed by atoms with Gasteiger partial charge in [0.2, 0.25) is 23.6 Å². The highest BCUT2D eigenvalue weighted by Gasteiger charge is 2.67. The van der Waals surface area contributed by atoms with Crippen molar-refractivity contribution in [2.45, 2.75) is 31.7 Å². The van der Waals surface area contributed by atoms with E-state index in [1.807, 2.05) is 36.4 Å². The minimum atomic E-state index is -0.747. The summed E-state index contributed by atoms with van der Waals surface area (Å²) in [5.74, 6) is 0.226. The summed E-state index contributed by atoms with van der Waals surface area (Å²) in [5.41, 5.74) is 0.220. The predicted octanol–water partition coefficient (Wildman–Crippen LogP) is 1.33. The number of aryl methyl sites for hydroxylation is 1. The number of amides is 2. The van der Waals surface area contributed by atoms with Crippen molar-refractivity contribution < 1.29 is 23.5 Å². The molecule has 4 heterocycles. The standard InChI is InChI=1S/C22H24N4O5/c1-13-23-24-17(30-13)11-25(2)20(27)18-16-7-8-22(31-16)12-26(21(28)19(18)22)10-14-5-4-6-15(9-14)29-3/h4-9,16,18-19H,10-12H2,1-3H3/t16-,18-,19+,22-/m0/s1. The summed E-state index contributed by atoms with van der Waals surface area (Å²) in [6, 6.07) is 7.64. The number of rotatable bonds is 6. The lowest BCUT2D eigenvalue weighted by atomic mass is 9.76. The Labute approximate surface area is 179 Å². The van der Waals surface area contributed by atoms with Gasteiger partial charge in [-0.3, -0.25) is 9.59 Å². The molecule has 3 aliphatic heterocycles. The number of hydrogen-bond acceptors (Lipinski definition) is 7. The third-order valence-electron chi connectivity index (χ3n) is 6.29. The molecule has 1 spiro atoms. The van der Waals surface area contributed by atoms with Crippen LogP contribution in [0.3, 0.4) is 0 Å². The summed E-state index contributed by atoms with van der Waals surface area (Å²) in [6.45, 7) is 2.75. The van der Waals surface area contributed by atoms with E-state index in [1.165, 1.54) is 4.90 Å². The van der Waals surface area contributed by atoms with Gasteiger partial charge in [0.25, 0.3) is 0 Å². The van der Waals surface area contributed by atoms with Crippen LogP contribution in [0.15, 0.2) is 40.8 Å². The number of aromatic nitrogens is 2. The fourth-order valence-corrected chi connectivity index (χ4v) is 4.92. The first-order valence-corrected chi connectivity index (χ1v) is 10.2. The van der Waals surface area contributed by atoms with Gasteiger partial charge in [0.1, 0.15) is 11.4 Å². The maximum Gasteiger partial charge on any atom is 0.235 e. The largest absolute Gasteiger partial charge is 0.497 e. The number of likely N-dealkylation sites (tertiary alicyclic amines) is 1. The summed E-state index contributed by atoms with van der Waals surface area (Å²) < 4.78 is 16.9. The van der Waals surface area contributed by atoms with Crippen molar-refractivity contribution in [2.24, 2.45) is 11.8 Å². The summed E-state index contributed by atoms with van der Waals surface area (Å²) in [4.78, 5) is 30.0. The number of carbonyl (C=O) groups excluding carboxylic acids is 2. The molecule has 162 valence electrons. The SMILES string of the molecule is COc1cccc(CN2C[C@]34C=C[C@H](O3)[C@H](C(=O)N(C)Cc3nnc(C)o3)[C@@H]4C2=O)c1. The number of nitrogens with zero attached hydrogens (tertiary/aromatic N) is 4. The molecule has 0 radical (unpaired) electrons. The minimum Gasteiger partial charge on any atom is -0.497 e. The molecule has 1 aromatic carbocycles. The summed E-state index contributed by atoms with van der Waals surface area (Å²) in [5, 5.41) is 7.76. The molecule has 3 aliphatic rings. The van der Waals surface area contributed by atoms with Crippen LogP contribution in [-0.2, 0) is 27.4 Å². The summed E-state index contributed by atoms with van der Waals surface area (Å²) in [7, 11) is 3.29. The highest BCUT2D eigenvalue weighted by molar-refractivity contribution is 5.93. The normalized spacial score (nSPS) is 28.3. The Balaban J connectivity index is 1.35. The zero-order valence-electron chi connectivity index (χ0n) is 17.6. The highest BCUT2D eigenvalue weighted by atomic mass is 16.5. The van der Waals surface area contributed by atoms with Gasteiger partial charge in [0.05, 0.1) is 38.1 Å². The second kappa shape index (κ2) is 7.19. The molecule has 2 saturated heterocycles. The van der Waals surface area contributed by atoms with Crippen LogP contribution in [-0.4, -0.2) is 64.2 Å². The van der Waals surface area contributed by atoms with Crippen LogP contribution in [0.2, 0.25) is 0 Å². The molecule has 5 rings (SSSR count). The molecule has 2 fully saturated rings. The van der Waals surface area contributed by atoms with E-state index in [0.29, 0.717) is 24.9 Å². The number of benzene rings is 1. The van der Waals surface area contributed by atoms with Gasteiger partial charge in [0, 0.05) is 20.5 Å². The Morgan fingerprint density at radius 3 is 2.97 bits per heavy atom. The van der Waals surface area contributed by atoms with Crippen LogP contribution in [0.4, 0.5) is 0 Å². The average Bonchev–Trinajstić information content (AvgIpc) is 3.50. The van der Waals surface area contributed by atoms with E-state index in [2.05, 4.69) is 10.2 Å². The number of fused-ring (bicyclic) bond motifs is 1. The van der Waals surface area contributed by atoms with Crippen LogP contribution in [0, 0.1) is 18.8 Å². The molecule has 2 amide bonds. The van der Waals surface area contributed by atoms with Gasteiger partial charge < -0.3 is 23.7 Å². The first-order valence-electron chi connectivity index (χ1n) is 10.2. The molecule has 31 heavy (non-hydrogen) atoms. The molecular weight excluding hydrogens is 400 g/mol. The van der Waals surface area contributed by atoms with Crippen LogP contribution >= 0.6 is 0 Å².